The molecule has 92 valence electrons. The second-order valence-electron chi connectivity index (χ2n) is 4.52. The molecule has 0 radical (unpaired) electrons. The number of anilines is 1. The molecule has 4 nitrogen and oxygen atoms in total. The average molecular weight is 268 g/mol. The molecule has 6 heteroatoms. The Hall–Kier alpha value is -1.01. The lowest BCUT2D eigenvalue weighted by molar-refractivity contribution is 0.793. The summed E-state index contributed by atoms with van der Waals surface area (Å²) in [7, 11) is 0. The van der Waals surface area contributed by atoms with E-state index in [0.717, 1.165) is 20.6 Å². The summed E-state index contributed by atoms with van der Waals surface area (Å²) >= 11 is 3.13. The Morgan fingerprint density at radius 3 is 2.18 bits per heavy atom. The number of nitrogens with zero attached hydrogens (tertiary/aromatic N) is 3. The first-order valence-corrected chi connectivity index (χ1v) is 7.22. The molecule has 0 aliphatic rings. The van der Waals surface area contributed by atoms with Gasteiger partial charge in [0.1, 0.15) is 0 Å². The lowest BCUT2D eigenvalue weighted by Gasteiger charge is -2.01. The number of nitrogen functional groups attached to an aromatic ring is 1. The van der Waals surface area contributed by atoms with Crippen LogP contribution in [0.5, 0.6) is 0 Å². The van der Waals surface area contributed by atoms with Crippen molar-refractivity contribution in [2.45, 2.75) is 39.5 Å². The van der Waals surface area contributed by atoms with Gasteiger partial charge < -0.3 is 5.73 Å². The van der Waals surface area contributed by atoms with Crippen molar-refractivity contribution in [3.63, 3.8) is 0 Å². The minimum Gasteiger partial charge on any atom is -0.374 e. The second kappa shape index (κ2) is 4.70. The second-order valence-corrected chi connectivity index (χ2v) is 6.56. The molecular formula is C11H16N4S2. The fraction of sp³-hybridized carbons (Fsp3) is 0.545. The van der Waals surface area contributed by atoms with Gasteiger partial charge in [-0.2, -0.15) is 0 Å². The quantitative estimate of drug-likeness (QED) is 0.925. The molecule has 0 aromatic carbocycles. The predicted molar refractivity (Wildman–Crippen MR) is 73.6 cm³/mol. The molecule has 0 saturated heterocycles. The maximum Gasteiger partial charge on any atom is 0.203 e. The van der Waals surface area contributed by atoms with E-state index < -0.39 is 0 Å². The van der Waals surface area contributed by atoms with Crippen molar-refractivity contribution in [1.82, 2.24) is 15.2 Å². The van der Waals surface area contributed by atoms with Crippen LogP contribution in [0.2, 0.25) is 0 Å². The molecule has 0 atom stereocenters. The van der Waals surface area contributed by atoms with E-state index in [9.17, 15) is 0 Å². The zero-order chi connectivity index (χ0) is 12.6. The van der Waals surface area contributed by atoms with Gasteiger partial charge in [0.2, 0.25) is 5.13 Å². The zero-order valence-electron chi connectivity index (χ0n) is 10.4. The van der Waals surface area contributed by atoms with Crippen LogP contribution >= 0.6 is 22.7 Å². The smallest absolute Gasteiger partial charge is 0.203 e. The molecule has 2 aromatic rings. The highest BCUT2D eigenvalue weighted by atomic mass is 32.1. The summed E-state index contributed by atoms with van der Waals surface area (Å²) < 4.78 is 0. The molecule has 2 heterocycles. The monoisotopic (exact) mass is 268 g/mol. The van der Waals surface area contributed by atoms with E-state index in [1.807, 2.05) is 0 Å². The van der Waals surface area contributed by atoms with Crippen LogP contribution in [0.25, 0.3) is 9.88 Å². The SMILES string of the molecule is CC(C)c1nc(C(C)C)c(-c2nnc(N)s2)s1. The molecule has 0 aliphatic carbocycles. The van der Waals surface area contributed by atoms with Gasteiger partial charge in [-0.25, -0.2) is 4.98 Å². The molecule has 2 aromatic heterocycles. The lowest BCUT2D eigenvalue weighted by Crippen LogP contribution is -1.92. The number of aromatic nitrogens is 3. The highest BCUT2D eigenvalue weighted by molar-refractivity contribution is 7.23. The largest absolute Gasteiger partial charge is 0.374 e. The first-order valence-electron chi connectivity index (χ1n) is 5.59. The molecular weight excluding hydrogens is 252 g/mol. The molecule has 0 fully saturated rings. The van der Waals surface area contributed by atoms with Gasteiger partial charge in [-0.3, -0.25) is 0 Å². The first-order chi connectivity index (χ1) is 7.99. The molecule has 2 N–H and O–H groups in total. The van der Waals surface area contributed by atoms with Gasteiger partial charge >= 0.3 is 0 Å². The fourth-order valence-corrected chi connectivity index (χ4v) is 3.38. The Bertz CT molecular complexity index is 513. The van der Waals surface area contributed by atoms with Crippen molar-refractivity contribution in [2.24, 2.45) is 0 Å². The minimum absolute atomic E-state index is 0.388. The van der Waals surface area contributed by atoms with Gasteiger partial charge in [-0.1, -0.05) is 39.0 Å². The van der Waals surface area contributed by atoms with E-state index >= 15 is 0 Å². The van der Waals surface area contributed by atoms with Crippen LogP contribution in [0.4, 0.5) is 5.13 Å². The van der Waals surface area contributed by atoms with Crippen molar-refractivity contribution in [3.05, 3.63) is 10.7 Å². The van der Waals surface area contributed by atoms with Crippen molar-refractivity contribution in [3.8, 4) is 9.88 Å². The predicted octanol–water partition coefficient (Wildman–Crippen LogP) is 3.49. The summed E-state index contributed by atoms with van der Waals surface area (Å²) in [5.74, 6) is 0.829. The molecule has 0 bridgehead atoms. The molecule has 0 amide bonds. The molecule has 0 unspecified atom stereocenters. The average Bonchev–Trinajstić information content (AvgIpc) is 2.82. The third-order valence-electron chi connectivity index (χ3n) is 2.35. The highest BCUT2D eigenvalue weighted by Gasteiger charge is 2.19. The third-order valence-corrected chi connectivity index (χ3v) is 4.62. The van der Waals surface area contributed by atoms with Crippen LogP contribution < -0.4 is 5.73 Å². The van der Waals surface area contributed by atoms with Crippen molar-refractivity contribution < 1.29 is 0 Å². The van der Waals surface area contributed by atoms with Gasteiger partial charge in [-0.05, 0) is 5.92 Å². The summed E-state index contributed by atoms with van der Waals surface area (Å²) in [5, 5.41) is 10.5. The summed E-state index contributed by atoms with van der Waals surface area (Å²) in [6.45, 7) is 8.60. The Kier molecular flexibility index (Phi) is 3.44. The van der Waals surface area contributed by atoms with Crippen LogP contribution in [0.15, 0.2) is 0 Å². The topological polar surface area (TPSA) is 64.7 Å². The Balaban J connectivity index is 2.51. The molecule has 2 rings (SSSR count). The molecule has 0 aliphatic heterocycles. The normalized spacial score (nSPS) is 11.6. The standard InChI is InChI=1S/C11H16N4S2/c1-5(2)7-8(10-14-15-11(12)17-10)16-9(13-7)6(3)4/h5-6H,1-4H3,(H2,12,15). The Labute approximate surface area is 109 Å². The molecule has 0 spiro atoms. The summed E-state index contributed by atoms with van der Waals surface area (Å²) in [6, 6.07) is 0. The third kappa shape index (κ3) is 2.47. The number of thiazole rings is 1. The number of hydrogen-bond donors (Lipinski definition) is 1. The van der Waals surface area contributed by atoms with E-state index in [0.29, 0.717) is 17.0 Å². The molecule has 0 saturated carbocycles. The first kappa shape index (κ1) is 12.4. The van der Waals surface area contributed by atoms with Crippen LogP contribution in [0.1, 0.15) is 50.2 Å². The van der Waals surface area contributed by atoms with Crippen LogP contribution in [-0.4, -0.2) is 15.2 Å². The summed E-state index contributed by atoms with van der Waals surface area (Å²) in [6.07, 6.45) is 0. The van der Waals surface area contributed by atoms with Gasteiger partial charge in [0, 0.05) is 5.92 Å². The zero-order valence-corrected chi connectivity index (χ0v) is 12.0. The Morgan fingerprint density at radius 2 is 1.71 bits per heavy atom. The fourth-order valence-electron chi connectivity index (χ4n) is 1.47. The molecule has 17 heavy (non-hydrogen) atoms. The number of rotatable bonds is 3. The van der Waals surface area contributed by atoms with Gasteiger partial charge in [0.15, 0.2) is 5.01 Å². The minimum atomic E-state index is 0.388. The van der Waals surface area contributed by atoms with E-state index in [4.69, 9.17) is 10.7 Å². The maximum absolute atomic E-state index is 5.64. The van der Waals surface area contributed by atoms with E-state index in [1.54, 1.807) is 11.3 Å². The summed E-state index contributed by atoms with van der Waals surface area (Å²) in [4.78, 5) is 5.83. The highest BCUT2D eigenvalue weighted by Crippen LogP contribution is 2.38. The van der Waals surface area contributed by atoms with Crippen LogP contribution in [0.3, 0.4) is 0 Å². The lowest BCUT2D eigenvalue weighted by atomic mass is 10.1. The van der Waals surface area contributed by atoms with Crippen molar-refractivity contribution in [1.29, 1.82) is 0 Å². The van der Waals surface area contributed by atoms with E-state index in [-0.39, 0.29) is 0 Å². The van der Waals surface area contributed by atoms with Gasteiger partial charge in [0.25, 0.3) is 0 Å². The number of nitrogens with two attached hydrogens (primary N) is 1. The van der Waals surface area contributed by atoms with E-state index in [1.165, 1.54) is 11.3 Å². The maximum atomic E-state index is 5.64. The number of hydrogen-bond acceptors (Lipinski definition) is 6. The summed E-state index contributed by atoms with van der Waals surface area (Å²) in [5.41, 5.74) is 6.74. The van der Waals surface area contributed by atoms with Crippen molar-refractivity contribution in [2.75, 3.05) is 5.73 Å². The Morgan fingerprint density at radius 1 is 1.00 bits per heavy atom. The van der Waals surface area contributed by atoms with Crippen molar-refractivity contribution >= 4 is 27.8 Å². The van der Waals surface area contributed by atoms with Crippen LogP contribution in [0, 0.1) is 0 Å². The van der Waals surface area contributed by atoms with Gasteiger partial charge in [0.05, 0.1) is 15.6 Å². The van der Waals surface area contributed by atoms with Gasteiger partial charge in [-0.15, -0.1) is 21.5 Å². The van der Waals surface area contributed by atoms with E-state index in [2.05, 4.69) is 37.9 Å². The van der Waals surface area contributed by atoms with Crippen LogP contribution in [-0.2, 0) is 0 Å².